The minimum atomic E-state index is -3.81. The summed E-state index contributed by atoms with van der Waals surface area (Å²) in [6, 6.07) is 3.70. The van der Waals surface area contributed by atoms with Crippen molar-refractivity contribution in [2.75, 3.05) is 32.0 Å². The topological polar surface area (TPSA) is 122 Å². The van der Waals surface area contributed by atoms with Gasteiger partial charge in [-0.25, -0.2) is 8.42 Å². The molecule has 9 nitrogen and oxygen atoms in total. The molecule has 2 rings (SSSR count). The fourth-order valence-electron chi connectivity index (χ4n) is 3.19. The molecule has 1 aromatic carbocycles. The molecule has 0 radical (unpaired) electrons. The number of rotatable bonds is 6. The largest absolute Gasteiger partial charge is 0.371 e. The number of anilines is 1. The molecule has 0 aliphatic carbocycles. The molecule has 1 heterocycles. The Morgan fingerprint density at radius 3 is 2.46 bits per heavy atom. The van der Waals surface area contributed by atoms with Crippen LogP contribution in [-0.4, -0.2) is 50.2 Å². The molecule has 1 aliphatic heterocycles. The number of hydrogen-bond donors (Lipinski definition) is 2. The molecule has 2 N–H and O–H groups in total. The van der Waals surface area contributed by atoms with Crippen molar-refractivity contribution in [2.24, 2.45) is 11.8 Å². The molecule has 0 unspecified atom stereocenters. The smallest absolute Gasteiger partial charge is 0.293 e. The van der Waals surface area contributed by atoms with Crippen molar-refractivity contribution in [3.8, 4) is 0 Å². The standard InChI is InChI=1S/C16H24N4O5S/c1-11-6-12(2)10-19(9-11)26(24,25)13-4-5-14(15(7-13)20(22)23)18-8-16(21)17-3/h4-5,7,11-12,18H,6,8-10H2,1-3H3,(H,17,21)/t11-,12-/m0/s1. The summed E-state index contributed by atoms with van der Waals surface area (Å²) in [7, 11) is -2.36. The van der Waals surface area contributed by atoms with E-state index in [4.69, 9.17) is 0 Å². The van der Waals surface area contributed by atoms with Crippen LogP contribution in [-0.2, 0) is 14.8 Å². The van der Waals surface area contributed by atoms with E-state index in [1.165, 1.54) is 23.5 Å². The van der Waals surface area contributed by atoms with E-state index in [2.05, 4.69) is 10.6 Å². The molecule has 26 heavy (non-hydrogen) atoms. The number of amides is 1. The van der Waals surface area contributed by atoms with Gasteiger partial charge in [0.05, 0.1) is 16.4 Å². The maximum Gasteiger partial charge on any atom is 0.293 e. The summed E-state index contributed by atoms with van der Waals surface area (Å²) in [6.07, 6.45) is 0.953. The van der Waals surface area contributed by atoms with Crippen molar-refractivity contribution >= 4 is 27.3 Å². The van der Waals surface area contributed by atoms with Gasteiger partial charge in [0.1, 0.15) is 5.69 Å². The molecule has 0 bridgehead atoms. The molecule has 144 valence electrons. The van der Waals surface area contributed by atoms with E-state index in [0.29, 0.717) is 13.1 Å². The molecule has 2 atom stereocenters. The zero-order chi connectivity index (χ0) is 19.5. The van der Waals surface area contributed by atoms with E-state index in [1.807, 2.05) is 13.8 Å². The minimum Gasteiger partial charge on any atom is -0.371 e. The Kier molecular flexibility index (Phi) is 6.19. The van der Waals surface area contributed by atoms with E-state index in [-0.39, 0.29) is 40.6 Å². The number of carbonyl (C=O) groups is 1. The monoisotopic (exact) mass is 384 g/mol. The van der Waals surface area contributed by atoms with Gasteiger partial charge in [-0.05, 0) is 30.4 Å². The van der Waals surface area contributed by atoms with Crippen LogP contribution in [0.1, 0.15) is 20.3 Å². The zero-order valence-electron chi connectivity index (χ0n) is 15.1. The first-order chi connectivity index (χ1) is 12.1. The number of nitrogens with one attached hydrogen (secondary N) is 2. The molecule has 1 saturated heterocycles. The fraction of sp³-hybridized carbons (Fsp3) is 0.562. The third kappa shape index (κ3) is 4.50. The normalized spacial score (nSPS) is 21.2. The quantitative estimate of drug-likeness (QED) is 0.565. The summed E-state index contributed by atoms with van der Waals surface area (Å²) in [4.78, 5) is 21.9. The SMILES string of the molecule is CNC(=O)CNc1ccc(S(=O)(=O)N2C[C@@H](C)C[C@H](C)C2)cc1[N+](=O)[O-]. The second-order valence-electron chi connectivity index (χ2n) is 6.73. The molecule has 1 amide bonds. The van der Waals surface area contributed by atoms with Crippen LogP contribution in [0.3, 0.4) is 0 Å². The fourth-order valence-corrected chi connectivity index (χ4v) is 4.89. The predicted molar refractivity (Wildman–Crippen MR) is 97.4 cm³/mol. The number of likely N-dealkylation sites (N-methyl/N-ethyl adjacent to an activating group) is 1. The van der Waals surface area contributed by atoms with Crippen LogP contribution in [0.2, 0.25) is 0 Å². The molecular weight excluding hydrogens is 360 g/mol. The van der Waals surface area contributed by atoms with Crippen LogP contribution in [0.5, 0.6) is 0 Å². The lowest BCUT2D eigenvalue weighted by atomic mass is 9.94. The molecule has 0 spiro atoms. The maximum atomic E-state index is 12.9. The predicted octanol–water partition coefficient (Wildman–Crippen LogP) is 1.42. The van der Waals surface area contributed by atoms with Gasteiger partial charge in [0.25, 0.3) is 5.69 Å². The maximum absolute atomic E-state index is 12.9. The highest BCUT2D eigenvalue weighted by molar-refractivity contribution is 7.89. The highest BCUT2D eigenvalue weighted by atomic mass is 32.2. The van der Waals surface area contributed by atoms with Crippen molar-refractivity contribution in [2.45, 2.75) is 25.2 Å². The zero-order valence-corrected chi connectivity index (χ0v) is 15.9. The van der Waals surface area contributed by atoms with Gasteiger partial charge in [-0.15, -0.1) is 0 Å². The van der Waals surface area contributed by atoms with Gasteiger partial charge in [-0.1, -0.05) is 13.8 Å². The Bertz CT molecular complexity index is 786. The van der Waals surface area contributed by atoms with E-state index >= 15 is 0 Å². The second kappa shape index (κ2) is 8.00. The van der Waals surface area contributed by atoms with Crippen LogP contribution >= 0.6 is 0 Å². The number of piperidine rings is 1. The molecule has 1 aromatic rings. The summed E-state index contributed by atoms with van der Waals surface area (Å²) in [5, 5.41) is 16.4. The van der Waals surface area contributed by atoms with Crippen molar-refractivity contribution in [1.82, 2.24) is 9.62 Å². The first-order valence-electron chi connectivity index (χ1n) is 8.38. The van der Waals surface area contributed by atoms with E-state index in [1.54, 1.807) is 0 Å². The van der Waals surface area contributed by atoms with Crippen molar-refractivity contribution in [3.63, 3.8) is 0 Å². The summed E-state index contributed by atoms with van der Waals surface area (Å²) in [5.41, 5.74) is -0.286. The Morgan fingerprint density at radius 1 is 1.31 bits per heavy atom. The van der Waals surface area contributed by atoms with Gasteiger partial charge in [-0.2, -0.15) is 4.31 Å². The number of nitro benzene ring substituents is 1. The number of sulfonamides is 1. The number of carbonyl (C=O) groups excluding carboxylic acids is 1. The van der Waals surface area contributed by atoms with E-state index in [0.717, 1.165) is 12.5 Å². The number of hydrogen-bond acceptors (Lipinski definition) is 6. The van der Waals surface area contributed by atoms with Gasteiger partial charge in [0, 0.05) is 26.2 Å². The minimum absolute atomic E-state index is 0.0953. The van der Waals surface area contributed by atoms with E-state index < -0.39 is 14.9 Å². The van der Waals surface area contributed by atoms with Crippen LogP contribution < -0.4 is 10.6 Å². The summed E-state index contributed by atoms with van der Waals surface area (Å²) in [5.74, 6) is 0.126. The van der Waals surface area contributed by atoms with Gasteiger partial charge in [0.15, 0.2) is 0 Å². The third-order valence-corrected chi connectivity index (χ3v) is 6.18. The first kappa shape index (κ1) is 20.1. The average Bonchev–Trinajstić information content (AvgIpc) is 2.58. The lowest BCUT2D eigenvalue weighted by Gasteiger charge is -2.34. The lowest BCUT2D eigenvalue weighted by Crippen LogP contribution is -2.42. The highest BCUT2D eigenvalue weighted by Gasteiger charge is 2.33. The second-order valence-corrected chi connectivity index (χ2v) is 8.67. The van der Waals surface area contributed by atoms with Crippen molar-refractivity contribution in [3.05, 3.63) is 28.3 Å². The van der Waals surface area contributed by atoms with Crippen LogP contribution in [0.25, 0.3) is 0 Å². The summed E-state index contributed by atoms with van der Waals surface area (Å²) in [6.45, 7) is 4.64. The average molecular weight is 384 g/mol. The number of nitro groups is 1. The molecule has 0 aromatic heterocycles. The Balaban J connectivity index is 2.33. The number of nitrogens with zero attached hydrogens (tertiary/aromatic N) is 2. The first-order valence-corrected chi connectivity index (χ1v) is 9.82. The molecule has 1 aliphatic rings. The molecular formula is C16H24N4O5S. The molecule has 0 saturated carbocycles. The molecule has 10 heteroatoms. The Labute approximate surface area is 153 Å². The van der Waals surface area contributed by atoms with Crippen LogP contribution in [0.15, 0.2) is 23.1 Å². The van der Waals surface area contributed by atoms with Crippen molar-refractivity contribution in [1.29, 1.82) is 0 Å². The van der Waals surface area contributed by atoms with Gasteiger partial charge >= 0.3 is 0 Å². The van der Waals surface area contributed by atoms with Gasteiger partial charge in [0.2, 0.25) is 15.9 Å². The van der Waals surface area contributed by atoms with Gasteiger partial charge < -0.3 is 10.6 Å². The third-order valence-electron chi connectivity index (χ3n) is 4.36. The molecule has 1 fully saturated rings. The Hall–Kier alpha value is -2.20. The Morgan fingerprint density at radius 2 is 1.92 bits per heavy atom. The van der Waals surface area contributed by atoms with Crippen molar-refractivity contribution < 1.29 is 18.1 Å². The lowest BCUT2D eigenvalue weighted by molar-refractivity contribution is -0.384. The van der Waals surface area contributed by atoms with E-state index in [9.17, 15) is 23.3 Å². The highest BCUT2D eigenvalue weighted by Crippen LogP contribution is 2.31. The van der Waals surface area contributed by atoms with Crippen LogP contribution in [0, 0.1) is 22.0 Å². The number of benzene rings is 1. The van der Waals surface area contributed by atoms with Gasteiger partial charge in [-0.3, -0.25) is 14.9 Å². The summed E-state index contributed by atoms with van der Waals surface area (Å²) < 4.78 is 27.2. The summed E-state index contributed by atoms with van der Waals surface area (Å²) >= 11 is 0. The van der Waals surface area contributed by atoms with Crippen LogP contribution in [0.4, 0.5) is 11.4 Å².